The van der Waals surface area contributed by atoms with Crippen molar-refractivity contribution in [2.45, 2.75) is 32.4 Å². The summed E-state index contributed by atoms with van der Waals surface area (Å²) < 4.78 is 12.1. The number of non-ortho nitro benzene ring substituents is 1. The molecule has 2 atom stereocenters. The van der Waals surface area contributed by atoms with E-state index >= 15 is 0 Å². The first-order chi connectivity index (χ1) is 19.2. The molecule has 0 radical (unpaired) electrons. The van der Waals surface area contributed by atoms with E-state index in [4.69, 9.17) is 9.47 Å². The molecule has 0 aliphatic carbocycles. The number of carbonyl (C=O) groups excluding carboxylic acids is 2. The van der Waals surface area contributed by atoms with E-state index in [1.54, 1.807) is 42.5 Å². The summed E-state index contributed by atoms with van der Waals surface area (Å²) in [7, 11) is 0. The number of nitro benzene ring substituents is 1. The number of aromatic nitrogens is 1. The number of amides is 1. The smallest absolute Gasteiger partial charge is 0.301 e. The number of nitrogens with zero attached hydrogens (tertiary/aromatic N) is 3. The number of aliphatic hydroxyl groups is 1. The second-order valence-electron chi connectivity index (χ2n) is 9.54. The minimum Gasteiger partial charge on any atom is -0.507 e. The van der Waals surface area contributed by atoms with Crippen LogP contribution >= 0.6 is 11.3 Å². The van der Waals surface area contributed by atoms with Crippen molar-refractivity contribution in [3.63, 3.8) is 0 Å². The normalized spacial score (nSPS) is 19.6. The fourth-order valence-electron chi connectivity index (χ4n) is 5.13. The van der Waals surface area contributed by atoms with Gasteiger partial charge in [-0.25, -0.2) is 4.98 Å². The minimum absolute atomic E-state index is 0.0230. The van der Waals surface area contributed by atoms with Gasteiger partial charge in [0.15, 0.2) is 5.13 Å². The highest BCUT2D eigenvalue weighted by molar-refractivity contribution is 7.22. The van der Waals surface area contributed by atoms with Crippen LogP contribution in [-0.4, -0.2) is 39.4 Å². The molecule has 4 aromatic rings. The molecule has 0 saturated carbocycles. The summed E-state index contributed by atoms with van der Waals surface area (Å²) in [5.41, 5.74) is 1.71. The Hall–Kier alpha value is -4.77. The van der Waals surface area contributed by atoms with E-state index in [0.29, 0.717) is 41.2 Å². The Balaban J connectivity index is 1.53. The molecule has 40 heavy (non-hydrogen) atoms. The average molecular weight is 558 g/mol. The zero-order valence-electron chi connectivity index (χ0n) is 21.5. The lowest BCUT2D eigenvalue weighted by molar-refractivity contribution is -0.384. The van der Waals surface area contributed by atoms with Gasteiger partial charge in [-0.1, -0.05) is 23.5 Å². The summed E-state index contributed by atoms with van der Waals surface area (Å²) in [6, 6.07) is 14.9. The third-order valence-electron chi connectivity index (χ3n) is 6.88. The van der Waals surface area contributed by atoms with Crippen LogP contribution in [0.4, 0.5) is 10.8 Å². The first-order valence-electron chi connectivity index (χ1n) is 12.6. The summed E-state index contributed by atoms with van der Waals surface area (Å²) in [4.78, 5) is 43.9. The number of aliphatic hydroxyl groups excluding tert-OH is 1. The van der Waals surface area contributed by atoms with Gasteiger partial charge in [0, 0.05) is 24.1 Å². The number of hydrogen-bond acceptors (Lipinski definition) is 9. The van der Waals surface area contributed by atoms with Crippen LogP contribution in [0.25, 0.3) is 16.0 Å². The van der Waals surface area contributed by atoms with Gasteiger partial charge in [-0.05, 0) is 61.4 Å². The second-order valence-corrected chi connectivity index (χ2v) is 10.5. The van der Waals surface area contributed by atoms with Crippen molar-refractivity contribution in [3.8, 4) is 11.5 Å². The Bertz CT molecular complexity index is 1740. The largest absolute Gasteiger partial charge is 0.507 e. The maximum absolute atomic E-state index is 13.6. The first-order valence-corrected chi connectivity index (χ1v) is 13.5. The Labute approximate surface area is 232 Å². The van der Waals surface area contributed by atoms with Gasteiger partial charge in [0.05, 0.1) is 33.4 Å². The van der Waals surface area contributed by atoms with Crippen molar-refractivity contribution < 1.29 is 29.1 Å². The zero-order chi connectivity index (χ0) is 28.1. The third kappa shape index (κ3) is 4.24. The summed E-state index contributed by atoms with van der Waals surface area (Å²) in [6.45, 7) is 4.28. The van der Waals surface area contributed by atoms with Gasteiger partial charge < -0.3 is 14.6 Å². The fraction of sp³-hybridized carbons (Fsp3) is 0.207. The highest BCUT2D eigenvalue weighted by Crippen LogP contribution is 2.45. The molecule has 3 heterocycles. The Kier molecular flexibility index (Phi) is 6.22. The Morgan fingerprint density at radius 3 is 2.80 bits per heavy atom. The number of thiazole rings is 1. The van der Waals surface area contributed by atoms with E-state index in [9.17, 15) is 24.8 Å². The van der Waals surface area contributed by atoms with Gasteiger partial charge in [-0.15, -0.1) is 0 Å². The Morgan fingerprint density at radius 1 is 1.20 bits per heavy atom. The molecule has 0 bridgehead atoms. The van der Waals surface area contributed by atoms with Crippen molar-refractivity contribution in [3.05, 3.63) is 93.0 Å². The summed E-state index contributed by atoms with van der Waals surface area (Å²) >= 11 is 1.18. The lowest BCUT2D eigenvalue weighted by Crippen LogP contribution is -2.29. The van der Waals surface area contributed by atoms with Crippen LogP contribution in [0.1, 0.15) is 36.6 Å². The number of benzene rings is 3. The summed E-state index contributed by atoms with van der Waals surface area (Å²) in [5, 5.41) is 23.3. The fourth-order valence-corrected chi connectivity index (χ4v) is 6.15. The van der Waals surface area contributed by atoms with Crippen molar-refractivity contribution >= 4 is 49.8 Å². The van der Waals surface area contributed by atoms with E-state index in [1.807, 2.05) is 13.8 Å². The molecule has 6 rings (SSSR count). The van der Waals surface area contributed by atoms with Crippen molar-refractivity contribution in [2.75, 3.05) is 11.5 Å². The van der Waals surface area contributed by atoms with Crippen LogP contribution in [0.2, 0.25) is 0 Å². The SMILES string of the molecule is CCOc1ccc2nc(N3C(=O)C(=O)C(=C(O)c4ccc5c(c4)C[C@H](C)O5)[C@@H]3c3cccc([N+](=O)[O-])c3)sc2c1. The summed E-state index contributed by atoms with van der Waals surface area (Å²) in [5.74, 6) is -0.842. The maximum Gasteiger partial charge on any atom is 0.301 e. The number of ether oxygens (including phenoxy) is 2. The quantitative estimate of drug-likeness (QED) is 0.107. The number of hydrogen-bond donors (Lipinski definition) is 1. The maximum atomic E-state index is 13.6. The molecule has 1 amide bonds. The molecular weight excluding hydrogens is 534 g/mol. The van der Waals surface area contributed by atoms with Gasteiger partial charge in [0.25, 0.3) is 11.5 Å². The number of Topliss-reactive ketones (excluding diaryl/α,β-unsaturated/α-hetero) is 1. The van der Waals surface area contributed by atoms with Crippen LogP contribution in [-0.2, 0) is 16.0 Å². The number of rotatable bonds is 6. The van der Waals surface area contributed by atoms with Crippen LogP contribution < -0.4 is 14.4 Å². The summed E-state index contributed by atoms with van der Waals surface area (Å²) in [6.07, 6.45) is 0.610. The molecule has 2 aliphatic heterocycles. The van der Waals surface area contributed by atoms with E-state index in [1.165, 1.54) is 34.4 Å². The number of anilines is 1. The number of ketones is 1. The second kappa shape index (κ2) is 9.76. The third-order valence-corrected chi connectivity index (χ3v) is 7.89. The molecular formula is C29H23N3O7S. The minimum atomic E-state index is -1.14. The molecule has 1 fully saturated rings. The van der Waals surface area contributed by atoms with E-state index < -0.39 is 22.7 Å². The van der Waals surface area contributed by atoms with Crippen LogP contribution in [0, 0.1) is 10.1 Å². The van der Waals surface area contributed by atoms with Gasteiger partial charge in [0.2, 0.25) is 0 Å². The van der Waals surface area contributed by atoms with Crippen LogP contribution in [0.15, 0.2) is 66.2 Å². The molecule has 10 nitrogen and oxygen atoms in total. The highest BCUT2D eigenvalue weighted by Gasteiger charge is 2.48. The molecule has 2 aliphatic rings. The molecule has 1 aromatic heterocycles. The average Bonchev–Trinajstić information content (AvgIpc) is 3.60. The van der Waals surface area contributed by atoms with Gasteiger partial charge in [0.1, 0.15) is 23.4 Å². The monoisotopic (exact) mass is 557 g/mol. The molecule has 3 aromatic carbocycles. The van der Waals surface area contributed by atoms with E-state index in [0.717, 1.165) is 10.3 Å². The molecule has 202 valence electrons. The van der Waals surface area contributed by atoms with E-state index in [2.05, 4.69) is 4.98 Å². The van der Waals surface area contributed by atoms with Gasteiger partial charge >= 0.3 is 5.91 Å². The molecule has 11 heteroatoms. The standard InChI is InChI=1S/C29H23N3O7S/c1-3-38-20-8-9-21-23(14-20)40-29(30-21)31-25(16-5-4-6-19(13-16)32(36)37)24(27(34)28(31)35)26(33)17-7-10-22-18(12-17)11-15(2)39-22/h4-10,12-15,25,33H,3,11H2,1-2H3/t15-,25-/m0/s1. The zero-order valence-corrected chi connectivity index (χ0v) is 22.3. The van der Waals surface area contributed by atoms with Crippen molar-refractivity contribution in [2.24, 2.45) is 0 Å². The van der Waals surface area contributed by atoms with Gasteiger partial charge in [-0.3, -0.25) is 24.6 Å². The van der Waals surface area contributed by atoms with Crippen LogP contribution in [0.3, 0.4) is 0 Å². The number of nitro groups is 1. The predicted octanol–water partition coefficient (Wildman–Crippen LogP) is 5.55. The molecule has 1 N–H and O–H groups in total. The van der Waals surface area contributed by atoms with Crippen molar-refractivity contribution in [1.82, 2.24) is 4.98 Å². The highest BCUT2D eigenvalue weighted by atomic mass is 32.1. The molecule has 0 unspecified atom stereocenters. The number of carbonyl (C=O) groups is 2. The van der Waals surface area contributed by atoms with Crippen molar-refractivity contribution in [1.29, 1.82) is 0 Å². The lowest BCUT2D eigenvalue weighted by atomic mass is 9.94. The molecule has 1 saturated heterocycles. The first kappa shape index (κ1) is 25.5. The Morgan fingerprint density at radius 2 is 2.02 bits per heavy atom. The van der Waals surface area contributed by atoms with E-state index in [-0.39, 0.29) is 28.3 Å². The van der Waals surface area contributed by atoms with Crippen LogP contribution in [0.5, 0.6) is 11.5 Å². The van der Waals surface area contributed by atoms with Gasteiger partial charge in [-0.2, -0.15) is 0 Å². The molecule has 0 spiro atoms. The number of fused-ring (bicyclic) bond motifs is 2. The lowest BCUT2D eigenvalue weighted by Gasteiger charge is -2.22. The predicted molar refractivity (Wildman–Crippen MR) is 149 cm³/mol. The topological polar surface area (TPSA) is 132 Å².